The van der Waals surface area contributed by atoms with Crippen LogP contribution in [0.25, 0.3) is 0 Å². The van der Waals surface area contributed by atoms with Crippen LogP contribution in [0.2, 0.25) is 0 Å². The highest BCUT2D eigenvalue weighted by Crippen LogP contribution is 2.50. The number of hydrogen-bond acceptors (Lipinski definition) is 16. The number of cyclic esters (lactones) is 6. The largest absolute Gasteiger partial charge is 0.457 e. The van der Waals surface area contributed by atoms with E-state index in [-0.39, 0.29) is 87.3 Å². The summed E-state index contributed by atoms with van der Waals surface area (Å²) in [6.07, 6.45) is -0.0796. The summed E-state index contributed by atoms with van der Waals surface area (Å²) in [5.41, 5.74) is 1.59. The van der Waals surface area contributed by atoms with E-state index >= 15 is 0 Å². The van der Waals surface area contributed by atoms with E-state index in [2.05, 4.69) is 14.2 Å². The Bertz CT molecular complexity index is 2230. The van der Waals surface area contributed by atoms with Crippen molar-refractivity contribution in [3.05, 3.63) is 93.0 Å². The predicted octanol–water partition coefficient (Wildman–Crippen LogP) is 2.81. The van der Waals surface area contributed by atoms with Crippen LogP contribution in [0.4, 0.5) is 0 Å². The number of Topliss-reactive ketones (excluding diaryl/α,β-unsaturated/α-hetero) is 6. The number of fused-ring (bicyclic) bond motifs is 9. The molecular weight excluding hydrogens is 712 g/mol. The smallest absolute Gasteiger partial charge is 0.347 e. The van der Waals surface area contributed by atoms with Gasteiger partial charge in [0.25, 0.3) is 0 Å². The number of hydrogen-bond donors (Lipinski definition) is 0. The van der Waals surface area contributed by atoms with E-state index in [9.17, 15) is 57.5 Å². The summed E-state index contributed by atoms with van der Waals surface area (Å²) in [5.74, 6) is -7.29. The zero-order chi connectivity index (χ0) is 38.3. The second kappa shape index (κ2) is 12.3. The molecule has 2 bridgehead atoms. The van der Waals surface area contributed by atoms with Gasteiger partial charge in [0, 0.05) is 34.1 Å². The Morgan fingerprint density at radius 3 is 1.30 bits per heavy atom. The number of benzene rings is 3. The van der Waals surface area contributed by atoms with Crippen LogP contribution in [-0.4, -0.2) is 70.5 Å². The standard InChI is InChI=1S/C17H8O6.C11H4O5.C10H8O5/c18-14-7-15(19)12-5-8(1-3-10(12)14)22-9-2-4-11-13(6-9)17(21)23-16(11)20;12-8-3-9(13)5-2-7-6(1-4(5)8)10(14)16-11(7)15;11-5-2-6(12)4-1-3(5)7-8(4)10(14)15-9(7)13/h1-6H,7H2;1-2H,3H2;3-4,7-8H,1-2H2. The van der Waals surface area contributed by atoms with Crippen molar-refractivity contribution in [2.75, 3.05) is 0 Å². The minimum atomic E-state index is -0.769. The monoisotopic (exact) mass is 732 g/mol. The van der Waals surface area contributed by atoms with Crippen molar-refractivity contribution in [1.29, 1.82) is 0 Å². The number of ether oxygens (including phenoxy) is 4. The highest BCUT2D eigenvalue weighted by Gasteiger charge is 2.63. The van der Waals surface area contributed by atoms with E-state index in [1.165, 1.54) is 36.4 Å². The first-order valence-corrected chi connectivity index (χ1v) is 16.3. The van der Waals surface area contributed by atoms with Gasteiger partial charge in [0.15, 0.2) is 23.1 Å². The predicted molar refractivity (Wildman–Crippen MR) is 170 cm³/mol. The van der Waals surface area contributed by atoms with Gasteiger partial charge in [-0.3, -0.25) is 38.4 Å². The minimum absolute atomic E-state index is 0.0619. The Morgan fingerprint density at radius 2 is 0.796 bits per heavy atom. The van der Waals surface area contributed by atoms with E-state index in [1.807, 2.05) is 0 Å². The first-order chi connectivity index (χ1) is 25.7. The molecule has 3 heterocycles. The van der Waals surface area contributed by atoms with E-state index in [4.69, 9.17) is 4.74 Å². The molecule has 54 heavy (non-hydrogen) atoms. The minimum Gasteiger partial charge on any atom is -0.457 e. The molecule has 1 saturated heterocycles. The van der Waals surface area contributed by atoms with Crippen molar-refractivity contribution in [2.45, 2.75) is 25.7 Å². The van der Waals surface area contributed by atoms with Gasteiger partial charge in [-0.2, -0.15) is 0 Å². The summed E-state index contributed by atoms with van der Waals surface area (Å²) in [4.78, 5) is 137. The van der Waals surface area contributed by atoms with Crippen molar-refractivity contribution in [3.8, 4) is 11.5 Å². The van der Waals surface area contributed by atoms with Gasteiger partial charge in [0.05, 0.1) is 53.4 Å². The molecule has 3 aliphatic heterocycles. The second-order valence-electron chi connectivity index (χ2n) is 13.2. The van der Waals surface area contributed by atoms with Crippen molar-refractivity contribution >= 4 is 70.5 Å². The van der Waals surface area contributed by atoms with E-state index in [1.54, 1.807) is 12.1 Å². The van der Waals surface area contributed by atoms with Gasteiger partial charge in [0.1, 0.15) is 23.1 Å². The summed E-state index contributed by atoms with van der Waals surface area (Å²) in [6, 6.07) is 11.5. The molecule has 4 unspecified atom stereocenters. The zero-order valence-electron chi connectivity index (χ0n) is 27.3. The molecule has 0 radical (unpaired) electrons. The number of esters is 6. The molecule has 2 saturated carbocycles. The third kappa shape index (κ3) is 5.37. The van der Waals surface area contributed by atoms with Crippen molar-refractivity contribution in [3.63, 3.8) is 0 Å². The van der Waals surface area contributed by atoms with Gasteiger partial charge < -0.3 is 18.9 Å². The van der Waals surface area contributed by atoms with Gasteiger partial charge in [-0.1, -0.05) is 0 Å². The molecule has 0 aromatic heterocycles. The lowest BCUT2D eigenvalue weighted by molar-refractivity contribution is -0.157. The Labute approximate surface area is 300 Å². The lowest BCUT2D eigenvalue weighted by atomic mass is 9.84. The maximum absolute atomic E-state index is 11.7. The van der Waals surface area contributed by atoms with Crippen LogP contribution in [-0.2, 0) is 33.4 Å². The van der Waals surface area contributed by atoms with Crippen molar-refractivity contribution < 1.29 is 76.5 Å². The molecular formula is C38H20O16. The molecule has 0 spiro atoms. The van der Waals surface area contributed by atoms with Crippen LogP contribution in [0.1, 0.15) is 109 Å². The normalized spacial score (nSPS) is 23.8. The maximum Gasteiger partial charge on any atom is 0.347 e. The van der Waals surface area contributed by atoms with Gasteiger partial charge in [-0.25, -0.2) is 19.2 Å². The molecule has 7 aliphatic rings. The summed E-state index contributed by atoms with van der Waals surface area (Å²) in [7, 11) is 0. The van der Waals surface area contributed by atoms with Gasteiger partial charge >= 0.3 is 35.8 Å². The summed E-state index contributed by atoms with van der Waals surface area (Å²) in [5, 5.41) is 0. The van der Waals surface area contributed by atoms with Crippen LogP contribution in [0.3, 0.4) is 0 Å². The average molecular weight is 733 g/mol. The maximum atomic E-state index is 11.7. The molecule has 0 N–H and O–H groups in total. The fraction of sp³-hybridized carbons (Fsp3) is 0.211. The molecule has 10 rings (SSSR count). The third-order valence-corrected chi connectivity index (χ3v) is 10.2. The van der Waals surface area contributed by atoms with E-state index in [0.717, 1.165) is 0 Å². The van der Waals surface area contributed by atoms with Gasteiger partial charge in [-0.15, -0.1) is 0 Å². The molecule has 16 heteroatoms. The first kappa shape index (κ1) is 34.0. The molecule has 4 aliphatic carbocycles. The number of carbonyl (C=O) groups excluding carboxylic acids is 12. The SMILES string of the molecule is O=C1CC(=O)C2CC1C1C(=O)OC(=O)C21.O=C1CC(=O)c2cc(Oc3ccc4c(c3)C(=O)OC4=O)ccc21.O=C1CC(=O)c2cc3c(cc21)C(=O)OC3=O. The lowest BCUT2D eigenvalue weighted by Gasteiger charge is -2.18. The Morgan fingerprint density at radius 1 is 0.407 bits per heavy atom. The Balaban J connectivity index is 0.000000118. The van der Waals surface area contributed by atoms with Crippen molar-refractivity contribution in [2.24, 2.45) is 23.7 Å². The topological polar surface area (TPSA) is 242 Å². The lowest BCUT2D eigenvalue weighted by Crippen LogP contribution is -2.30. The van der Waals surface area contributed by atoms with Crippen molar-refractivity contribution in [1.82, 2.24) is 0 Å². The highest BCUT2D eigenvalue weighted by atomic mass is 16.6. The van der Waals surface area contributed by atoms with Gasteiger partial charge in [0.2, 0.25) is 0 Å². The first-order valence-electron chi connectivity index (χ1n) is 16.3. The number of ketones is 6. The van der Waals surface area contributed by atoms with E-state index < -0.39 is 59.5 Å². The van der Waals surface area contributed by atoms with Gasteiger partial charge in [-0.05, 0) is 55.0 Å². The van der Waals surface area contributed by atoms with Crippen LogP contribution < -0.4 is 4.74 Å². The number of carbonyl (C=O) groups is 12. The third-order valence-electron chi connectivity index (χ3n) is 10.2. The highest BCUT2D eigenvalue weighted by molar-refractivity contribution is 6.27. The van der Waals surface area contributed by atoms with E-state index in [0.29, 0.717) is 29.0 Å². The molecule has 3 fully saturated rings. The summed E-state index contributed by atoms with van der Waals surface area (Å²) >= 11 is 0. The Kier molecular flexibility index (Phi) is 7.72. The summed E-state index contributed by atoms with van der Waals surface area (Å²) in [6.45, 7) is 0. The number of rotatable bonds is 2. The molecule has 0 amide bonds. The average Bonchev–Trinajstić information content (AvgIpc) is 3.93. The fourth-order valence-electron chi connectivity index (χ4n) is 7.61. The molecule has 4 atom stereocenters. The summed E-state index contributed by atoms with van der Waals surface area (Å²) < 4.78 is 19.0. The Hall–Kier alpha value is -7.10. The van der Waals surface area contributed by atoms with Crippen LogP contribution in [0.5, 0.6) is 11.5 Å². The molecule has 16 nitrogen and oxygen atoms in total. The molecule has 3 aromatic rings. The second-order valence-corrected chi connectivity index (χ2v) is 13.2. The van der Waals surface area contributed by atoms with Crippen LogP contribution >= 0.6 is 0 Å². The van der Waals surface area contributed by atoms with Crippen LogP contribution in [0, 0.1) is 23.7 Å². The van der Waals surface area contributed by atoms with Crippen LogP contribution in [0.15, 0.2) is 48.5 Å². The fourth-order valence-corrected chi connectivity index (χ4v) is 7.61. The molecule has 3 aromatic carbocycles. The zero-order valence-corrected chi connectivity index (χ0v) is 27.3. The molecule has 268 valence electrons. The quantitative estimate of drug-likeness (QED) is 0.209.